The fourth-order valence-electron chi connectivity index (χ4n) is 1.54. The number of imidazole rings is 1. The molecule has 0 saturated carbocycles. The molecule has 6 heteroatoms. The molecule has 0 fully saturated rings. The average Bonchev–Trinajstić information content (AvgIpc) is 2.74. The number of rotatable bonds is 4. The Kier molecular flexibility index (Phi) is 3.63. The van der Waals surface area contributed by atoms with Gasteiger partial charge in [0.1, 0.15) is 5.82 Å². The predicted molar refractivity (Wildman–Crippen MR) is 70.1 cm³/mol. The van der Waals surface area contributed by atoms with E-state index >= 15 is 0 Å². The van der Waals surface area contributed by atoms with E-state index in [1.165, 1.54) is 0 Å². The van der Waals surface area contributed by atoms with E-state index < -0.39 is 0 Å². The van der Waals surface area contributed by atoms with Crippen LogP contribution in [0.25, 0.3) is 5.65 Å². The monoisotopic (exact) mass is 296 g/mol. The number of nitrogens with zero attached hydrogens (tertiary/aromatic N) is 2. The number of nitrogens with one attached hydrogen (secondary N) is 2. The summed E-state index contributed by atoms with van der Waals surface area (Å²) in [5, 5.41) is 5.76. The van der Waals surface area contributed by atoms with Crippen LogP contribution in [0.2, 0.25) is 0 Å². The van der Waals surface area contributed by atoms with Crippen molar-refractivity contribution in [1.82, 2.24) is 14.7 Å². The fourth-order valence-corrected chi connectivity index (χ4v) is 1.98. The summed E-state index contributed by atoms with van der Waals surface area (Å²) in [5.74, 6) is 0.901. The largest absolute Gasteiger partial charge is 0.369 e. The quantitative estimate of drug-likeness (QED) is 0.902. The van der Waals surface area contributed by atoms with E-state index in [4.69, 9.17) is 0 Å². The lowest BCUT2D eigenvalue weighted by Gasteiger charge is -2.05. The zero-order chi connectivity index (χ0) is 12.3. The Balaban J connectivity index is 2.09. The van der Waals surface area contributed by atoms with Crippen LogP contribution in [0.15, 0.2) is 29.0 Å². The van der Waals surface area contributed by atoms with Crippen molar-refractivity contribution in [3.8, 4) is 0 Å². The number of fused-ring (bicyclic) bond motifs is 1. The first kappa shape index (κ1) is 11.9. The first-order valence-electron chi connectivity index (χ1n) is 5.28. The zero-order valence-corrected chi connectivity index (χ0v) is 11.0. The summed E-state index contributed by atoms with van der Waals surface area (Å²) >= 11 is 3.44. The molecule has 0 aromatic carbocycles. The first-order chi connectivity index (χ1) is 8.22. The number of carbonyl (C=O) groups is 1. The molecule has 0 aliphatic heterocycles. The number of amides is 1. The third-order valence-corrected chi connectivity index (χ3v) is 3.04. The number of aromatic nitrogens is 2. The van der Waals surface area contributed by atoms with Crippen molar-refractivity contribution in [2.75, 3.05) is 18.9 Å². The Morgan fingerprint density at radius 2 is 2.41 bits per heavy atom. The van der Waals surface area contributed by atoms with Crippen LogP contribution in [-0.4, -0.2) is 28.9 Å². The van der Waals surface area contributed by atoms with E-state index in [0.717, 1.165) is 15.9 Å². The van der Waals surface area contributed by atoms with Crippen molar-refractivity contribution < 1.29 is 4.79 Å². The molecule has 0 unspecified atom stereocenters. The van der Waals surface area contributed by atoms with E-state index in [-0.39, 0.29) is 5.91 Å². The van der Waals surface area contributed by atoms with E-state index in [1.807, 2.05) is 22.7 Å². The van der Waals surface area contributed by atoms with Crippen LogP contribution in [0.4, 0.5) is 5.82 Å². The molecule has 1 amide bonds. The summed E-state index contributed by atoms with van der Waals surface area (Å²) in [6, 6.07) is 3.87. The van der Waals surface area contributed by atoms with Gasteiger partial charge in [0, 0.05) is 26.2 Å². The molecule has 2 aromatic rings. The highest BCUT2D eigenvalue weighted by Gasteiger charge is 2.05. The lowest BCUT2D eigenvalue weighted by Crippen LogP contribution is -2.21. The molecule has 0 aliphatic rings. The predicted octanol–water partition coefficient (Wildman–Crippen LogP) is 1.64. The highest BCUT2D eigenvalue weighted by molar-refractivity contribution is 9.10. The topological polar surface area (TPSA) is 58.4 Å². The summed E-state index contributed by atoms with van der Waals surface area (Å²) < 4.78 is 2.88. The maximum atomic E-state index is 11.1. The Hall–Kier alpha value is -1.56. The standard InChI is InChI=1S/C11H13BrN4O/c1-13-10(17)4-5-14-9-7-15-11-8(12)3-2-6-16(9)11/h2-3,6-7,14H,4-5H2,1H3,(H,13,17). The van der Waals surface area contributed by atoms with Gasteiger partial charge in [0.25, 0.3) is 0 Å². The second-order valence-electron chi connectivity index (χ2n) is 3.54. The van der Waals surface area contributed by atoms with E-state index in [0.29, 0.717) is 13.0 Å². The molecular formula is C11H13BrN4O. The molecule has 0 aliphatic carbocycles. The summed E-state index contributed by atoms with van der Waals surface area (Å²) in [4.78, 5) is 15.4. The van der Waals surface area contributed by atoms with Gasteiger partial charge in [-0.1, -0.05) is 0 Å². The van der Waals surface area contributed by atoms with Crippen molar-refractivity contribution >= 4 is 33.3 Å². The van der Waals surface area contributed by atoms with Crippen LogP contribution in [0.1, 0.15) is 6.42 Å². The van der Waals surface area contributed by atoms with Gasteiger partial charge < -0.3 is 10.6 Å². The van der Waals surface area contributed by atoms with Crippen molar-refractivity contribution in [1.29, 1.82) is 0 Å². The minimum atomic E-state index is 0.0208. The Bertz CT molecular complexity index is 537. The average molecular weight is 297 g/mol. The number of carbonyl (C=O) groups excluding carboxylic acids is 1. The van der Waals surface area contributed by atoms with Gasteiger partial charge in [0.2, 0.25) is 5.91 Å². The van der Waals surface area contributed by atoms with Gasteiger partial charge in [-0.25, -0.2) is 4.98 Å². The minimum Gasteiger partial charge on any atom is -0.369 e. The minimum absolute atomic E-state index is 0.0208. The van der Waals surface area contributed by atoms with E-state index in [2.05, 4.69) is 31.5 Å². The molecule has 17 heavy (non-hydrogen) atoms. The van der Waals surface area contributed by atoms with Crippen molar-refractivity contribution in [2.24, 2.45) is 0 Å². The molecule has 90 valence electrons. The molecule has 0 atom stereocenters. The Morgan fingerprint density at radius 1 is 1.59 bits per heavy atom. The van der Waals surface area contributed by atoms with Gasteiger partial charge in [-0.05, 0) is 28.1 Å². The molecule has 0 bridgehead atoms. The summed E-state index contributed by atoms with van der Waals surface area (Å²) in [6.45, 7) is 0.583. The van der Waals surface area contributed by atoms with Crippen LogP contribution in [0, 0.1) is 0 Å². The third-order valence-electron chi connectivity index (χ3n) is 2.43. The van der Waals surface area contributed by atoms with E-state index in [1.54, 1.807) is 13.2 Å². The number of hydrogen-bond donors (Lipinski definition) is 2. The Morgan fingerprint density at radius 3 is 3.18 bits per heavy atom. The number of halogens is 1. The molecule has 5 nitrogen and oxygen atoms in total. The van der Waals surface area contributed by atoms with Crippen LogP contribution < -0.4 is 10.6 Å². The molecule has 2 rings (SSSR count). The smallest absolute Gasteiger partial charge is 0.221 e. The van der Waals surface area contributed by atoms with Gasteiger partial charge in [-0.3, -0.25) is 9.20 Å². The van der Waals surface area contributed by atoms with Crippen molar-refractivity contribution in [3.05, 3.63) is 29.0 Å². The molecule has 2 N–H and O–H groups in total. The maximum Gasteiger partial charge on any atom is 0.221 e. The van der Waals surface area contributed by atoms with Crippen LogP contribution in [0.5, 0.6) is 0 Å². The lowest BCUT2D eigenvalue weighted by molar-refractivity contribution is -0.120. The van der Waals surface area contributed by atoms with Gasteiger partial charge in [0.05, 0.1) is 10.7 Å². The number of hydrogen-bond acceptors (Lipinski definition) is 3. The van der Waals surface area contributed by atoms with E-state index in [9.17, 15) is 4.79 Å². The summed E-state index contributed by atoms with van der Waals surface area (Å²) in [7, 11) is 1.63. The van der Waals surface area contributed by atoms with Gasteiger partial charge in [-0.2, -0.15) is 0 Å². The molecule has 0 spiro atoms. The van der Waals surface area contributed by atoms with Crippen LogP contribution in [-0.2, 0) is 4.79 Å². The fraction of sp³-hybridized carbons (Fsp3) is 0.273. The van der Waals surface area contributed by atoms with Crippen LogP contribution in [0.3, 0.4) is 0 Å². The summed E-state index contributed by atoms with van der Waals surface area (Å²) in [5.41, 5.74) is 0.856. The van der Waals surface area contributed by atoms with Gasteiger partial charge in [0.15, 0.2) is 5.65 Å². The second-order valence-corrected chi connectivity index (χ2v) is 4.40. The molecule has 0 radical (unpaired) electrons. The molecule has 0 saturated heterocycles. The SMILES string of the molecule is CNC(=O)CCNc1cnc2c(Br)cccn12. The maximum absolute atomic E-state index is 11.1. The van der Waals surface area contributed by atoms with Crippen LogP contribution >= 0.6 is 15.9 Å². The Labute approximate surface area is 107 Å². The number of anilines is 1. The van der Waals surface area contributed by atoms with Crippen molar-refractivity contribution in [2.45, 2.75) is 6.42 Å². The second kappa shape index (κ2) is 5.18. The molecule has 2 aromatic heterocycles. The van der Waals surface area contributed by atoms with Gasteiger partial charge >= 0.3 is 0 Å². The highest BCUT2D eigenvalue weighted by atomic mass is 79.9. The summed E-state index contributed by atoms with van der Waals surface area (Å²) in [6.07, 6.45) is 4.12. The molecular weight excluding hydrogens is 284 g/mol. The highest BCUT2D eigenvalue weighted by Crippen LogP contribution is 2.19. The normalized spacial score (nSPS) is 10.5. The van der Waals surface area contributed by atoms with Crippen molar-refractivity contribution in [3.63, 3.8) is 0 Å². The number of pyridine rings is 1. The lowest BCUT2D eigenvalue weighted by atomic mass is 10.4. The zero-order valence-electron chi connectivity index (χ0n) is 9.40. The first-order valence-corrected chi connectivity index (χ1v) is 6.07. The third kappa shape index (κ3) is 2.58. The van der Waals surface area contributed by atoms with Gasteiger partial charge in [-0.15, -0.1) is 0 Å². The molecule has 2 heterocycles.